The van der Waals surface area contributed by atoms with Crippen molar-refractivity contribution in [1.29, 1.82) is 0 Å². The molecule has 0 saturated carbocycles. The Kier molecular flexibility index (Phi) is 6.14. The highest BCUT2D eigenvalue weighted by Crippen LogP contribution is 1.94. The van der Waals surface area contributed by atoms with E-state index < -0.39 is 0 Å². The van der Waals surface area contributed by atoms with E-state index in [9.17, 15) is 0 Å². The first-order chi connectivity index (χ1) is 4.85. The Morgan fingerprint density at radius 3 is 2.10 bits per heavy atom. The summed E-state index contributed by atoms with van der Waals surface area (Å²) in [6.07, 6.45) is -0.326. The number of rotatable bonds is 5. The van der Waals surface area contributed by atoms with Crippen molar-refractivity contribution in [3.63, 3.8) is 0 Å². The van der Waals surface area contributed by atoms with Gasteiger partial charge in [0.1, 0.15) is 0 Å². The second-order valence-corrected chi connectivity index (χ2v) is 1.68. The Balaban J connectivity index is 3.42. The van der Waals surface area contributed by atoms with Gasteiger partial charge in [-0.05, 0) is 13.8 Å². The minimum atomic E-state index is -0.326. The van der Waals surface area contributed by atoms with Crippen LogP contribution in [0, 0.1) is 6.57 Å². The minimum Gasteiger partial charge on any atom is -0.346 e. The number of hydrogen-bond donors (Lipinski definition) is 0. The van der Waals surface area contributed by atoms with Crippen LogP contribution in [-0.4, -0.2) is 26.0 Å². The first-order valence-electron chi connectivity index (χ1n) is 3.41. The molecule has 0 amide bonds. The Bertz CT molecular complexity index is 103. The maximum absolute atomic E-state index is 6.55. The molecule has 0 aromatic heterocycles. The fourth-order valence-electron chi connectivity index (χ4n) is 0.600. The van der Waals surface area contributed by atoms with Gasteiger partial charge in [0.25, 0.3) is 6.54 Å². The quantitative estimate of drug-likeness (QED) is 0.427. The highest BCUT2D eigenvalue weighted by Gasteiger charge is 2.08. The smallest absolute Gasteiger partial charge is 0.264 e. The van der Waals surface area contributed by atoms with E-state index in [4.69, 9.17) is 16.0 Å². The molecule has 58 valence electrons. The van der Waals surface area contributed by atoms with Crippen LogP contribution in [0.25, 0.3) is 4.85 Å². The monoisotopic (exact) mass is 143 g/mol. The number of nitrogens with zero attached hydrogens (tertiary/aromatic N) is 1. The molecule has 3 heteroatoms. The first-order valence-corrected chi connectivity index (χ1v) is 3.41. The summed E-state index contributed by atoms with van der Waals surface area (Å²) >= 11 is 0. The predicted molar refractivity (Wildman–Crippen MR) is 38.5 cm³/mol. The molecular formula is C7H13NO2. The molecule has 0 aromatic rings. The molecule has 0 aliphatic heterocycles. The van der Waals surface area contributed by atoms with Crippen LogP contribution in [0.1, 0.15) is 13.8 Å². The zero-order chi connectivity index (χ0) is 7.82. The van der Waals surface area contributed by atoms with Crippen LogP contribution in [0.3, 0.4) is 0 Å². The zero-order valence-corrected chi connectivity index (χ0v) is 6.46. The van der Waals surface area contributed by atoms with Crippen molar-refractivity contribution in [2.45, 2.75) is 20.1 Å². The van der Waals surface area contributed by atoms with Gasteiger partial charge in [0.15, 0.2) is 0 Å². The van der Waals surface area contributed by atoms with Crippen LogP contribution in [0.5, 0.6) is 0 Å². The van der Waals surface area contributed by atoms with Crippen molar-refractivity contribution in [3.8, 4) is 0 Å². The molecule has 0 spiro atoms. The van der Waals surface area contributed by atoms with E-state index in [1.807, 2.05) is 13.8 Å². The summed E-state index contributed by atoms with van der Waals surface area (Å²) < 4.78 is 10.2. The third-order valence-electron chi connectivity index (χ3n) is 0.945. The van der Waals surface area contributed by atoms with E-state index in [-0.39, 0.29) is 6.29 Å². The average molecular weight is 143 g/mol. The highest BCUT2D eigenvalue weighted by molar-refractivity contribution is 4.61. The van der Waals surface area contributed by atoms with E-state index in [2.05, 4.69) is 4.85 Å². The summed E-state index contributed by atoms with van der Waals surface area (Å²) in [5.74, 6) is 0. The third kappa shape index (κ3) is 4.30. The van der Waals surface area contributed by atoms with Crippen molar-refractivity contribution in [3.05, 3.63) is 11.4 Å². The predicted octanol–water partition coefficient (Wildman–Crippen LogP) is 1.30. The van der Waals surface area contributed by atoms with Crippen LogP contribution in [0.2, 0.25) is 0 Å². The van der Waals surface area contributed by atoms with E-state index in [0.717, 1.165) is 0 Å². The molecule has 0 unspecified atom stereocenters. The normalized spacial score (nSPS) is 9.80. The van der Waals surface area contributed by atoms with E-state index >= 15 is 0 Å². The SMILES string of the molecule is [C-]#[N+]CC(OCC)OCC. The molecular weight excluding hydrogens is 130 g/mol. The van der Waals surface area contributed by atoms with Crippen LogP contribution in [-0.2, 0) is 9.47 Å². The second kappa shape index (κ2) is 6.53. The van der Waals surface area contributed by atoms with Gasteiger partial charge >= 0.3 is 0 Å². The van der Waals surface area contributed by atoms with Crippen molar-refractivity contribution < 1.29 is 9.47 Å². The third-order valence-corrected chi connectivity index (χ3v) is 0.945. The maximum atomic E-state index is 6.55. The minimum absolute atomic E-state index is 0.293. The zero-order valence-electron chi connectivity index (χ0n) is 6.46. The lowest BCUT2D eigenvalue weighted by molar-refractivity contribution is -0.124. The molecule has 3 nitrogen and oxygen atoms in total. The van der Waals surface area contributed by atoms with Gasteiger partial charge in [-0.15, -0.1) is 0 Å². The van der Waals surface area contributed by atoms with Crippen LogP contribution >= 0.6 is 0 Å². The summed E-state index contributed by atoms with van der Waals surface area (Å²) in [4.78, 5) is 3.17. The lowest BCUT2D eigenvalue weighted by Gasteiger charge is -2.09. The molecule has 0 rings (SSSR count). The van der Waals surface area contributed by atoms with Crippen molar-refractivity contribution in [2.24, 2.45) is 0 Å². The molecule has 0 bridgehead atoms. The molecule has 0 radical (unpaired) electrons. The fourth-order valence-corrected chi connectivity index (χ4v) is 0.600. The molecule has 0 N–H and O–H groups in total. The Labute approximate surface area is 61.8 Å². The van der Waals surface area contributed by atoms with Gasteiger partial charge in [0, 0.05) is 13.2 Å². The number of hydrogen-bond acceptors (Lipinski definition) is 2. The van der Waals surface area contributed by atoms with Crippen LogP contribution in [0.4, 0.5) is 0 Å². The van der Waals surface area contributed by atoms with Gasteiger partial charge in [-0.3, -0.25) is 0 Å². The van der Waals surface area contributed by atoms with E-state index in [1.165, 1.54) is 0 Å². The van der Waals surface area contributed by atoms with Crippen LogP contribution in [0.15, 0.2) is 0 Å². The van der Waals surface area contributed by atoms with Crippen molar-refractivity contribution >= 4 is 0 Å². The lowest BCUT2D eigenvalue weighted by Crippen LogP contribution is -2.19. The Morgan fingerprint density at radius 1 is 1.30 bits per heavy atom. The Hall–Kier alpha value is -0.590. The van der Waals surface area contributed by atoms with Gasteiger partial charge in [-0.25, -0.2) is 6.57 Å². The molecule has 0 heterocycles. The van der Waals surface area contributed by atoms with Crippen molar-refractivity contribution in [2.75, 3.05) is 19.8 Å². The van der Waals surface area contributed by atoms with Gasteiger partial charge in [0.05, 0.1) is 0 Å². The summed E-state index contributed by atoms with van der Waals surface area (Å²) in [7, 11) is 0. The standard InChI is InChI=1S/C7H13NO2/c1-4-9-7(6-8-3)10-5-2/h7H,4-6H2,1-2H3. The molecule has 0 saturated heterocycles. The largest absolute Gasteiger partial charge is 0.346 e. The lowest BCUT2D eigenvalue weighted by atomic mass is 10.6. The summed E-state index contributed by atoms with van der Waals surface area (Å²) in [5.41, 5.74) is 0. The molecule has 0 aliphatic rings. The first kappa shape index (κ1) is 9.41. The second-order valence-electron chi connectivity index (χ2n) is 1.68. The van der Waals surface area contributed by atoms with Crippen LogP contribution < -0.4 is 0 Å². The molecule has 0 aliphatic carbocycles. The molecule has 0 atom stereocenters. The molecule has 0 fully saturated rings. The average Bonchev–Trinajstić information content (AvgIpc) is 1.90. The topological polar surface area (TPSA) is 22.8 Å². The van der Waals surface area contributed by atoms with E-state index in [0.29, 0.717) is 19.8 Å². The van der Waals surface area contributed by atoms with Gasteiger partial charge in [-0.2, -0.15) is 0 Å². The van der Waals surface area contributed by atoms with Gasteiger partial charge in [0.2, 0.25) is 6.29 Å². The fraction of sp³-hybridized carbons (Fsp3) is 0.857. The Morgan fingerprint density at radius 2 is 1.80 bits per heavy atom. The number of ether oxygens (including phenoxy) is 2. The van der Waals surface area contributed by atoms with E-state index in [1.54, 1.807) is 0 Å². The molecule has 10 heavy (non-hydrogen) atoms. The highest BCUT2D eigenvalue weighted by atomic mass is 16.7. The van der Waals surface area contributed by atoms with Crippen molar-refractivity contribution in [1.82, 2.24) is 0 Å². The maximum Gasteiger partial charge on any atom is 0.264 e. The summed E-state index contributed by atoms with van der Waals surface area (Å²) in [6.45, 7) is 11.8. The molecule has 0 aromatic carbocycles. The van der Waals surface area contributed by atoms with Gasteiger partial charge < -0.3 is 14.3 Å². The van der Waals surface area contributed by atoms with Gasteiger partial charge in [-0.1, -0.05) is 0 Å². The summed E-state index contributed by atoms with van der Waals surface area (Å²) in [5, 5.41) is 0. The summed E-state index contributed by atoms with van der Waals surface area (Å²) in [6, 6.07) is 0.